The van der Waals surface area contributed by atoms with Gasteiger partial charge < -0.3 is 9.47 Å². The zero-order chi connectivity index (χ0) is 20.8. The number of carbonyl (C=O) groups is 1. The number of thioether (sulfide) groups is 1. The lowest BCUT2D eigenvalue weighted by atomic mass is 10.1. The lowest BCUT2D eigenvalue weighted by molar-refractivity contribution is -0.121. The Hall–Kier alpha value is -2.31. The van der Waals surface area contributed by atoms with E-state index in [-0.39, 0.29) is 5.91 Å². The SMILES string of the molecule is CCN1C(=O)C(=Cc2ccc(OCCCOc3cc(C)ccc3C)cc2)SC1=S. The molecule has 29 heavy (non-hydrogen) atoms. The van der Waals surface area contributed by atoms with Gasteiger partial charge in [-0.15, -0.1) is 0 Å². The molecule has 152 valence electrons. The molecule has 1 amide bonds. The predicted octanol–water partition coefficient (Wildman–Crippen LogP) is 5.37. The minimum atomic E-state index is -0.0216. The standard InChI is InChI=1S/C23H25NO3S2/c1-4-24-22(25)21(29-23(24)28)15-18-8-10-19(11-9-18)26-12-5-13-27-20-14-16(2)6-7-17(20)3/h6-11,14-15H,4-5,12-13H2,1-3H3. The molecule has 2 aromatic carbocycles. The van der Waals surface area contributed by atoms with E-state index in [1.807, 2.05) is 44.2 Å². The zero-order valence-electron chi connectivity index (χ0n) is 16.9. The minimum absolute atomic E-state index is 0.0216. The van der Waals surface area contributed by atoms with Gasteiger partial charge in [0.15, 0.2) is 0 Å². The summed E-state index contributed by atoms with van der Waals surface area (Å²) in [6, 6.07) is 13.9. The fourth-order valence-corrected chi connectivity index (χ4v) is 4.26. The third-order valence-electron chi connectivity index (χ3n) is 4.53. The monoisotopic (exact) mass is 427 g/mol. The van der Waals surface area contributed by atoms with Gasteiger partial charge in [0.05, 0.1) is 18.1 Å². The Morgan fingerprint density at radius 2 is 1.79 bits per heavy atom. The van der Waals surface area contributed by atoms with Crippen molar-refractivity contribution in [1.29, 1.82) is 0 Å². The second-order valence-electron chi connectivity index (χ2n) is 6.81. The van der Waals surface area contributed by atoms with Gasteiger partial charge in [0, 0.05) is 13.0 Å². The van der Waals surface area contributed by atoms with E-state index in [9.17, 15) is 4.79 Å². The molecule has 0 bridgehead atoms. The van der Waals surface area contributed by atoms with Crippen LogP contribution in [0.4, 0.5) is 0 Å². The van der Waals surface area contributed by atoms with Gasteiger partial charge in [-0.05, 0) is 61.7 Å². The first-order valence-corrected chi connectivity index (χ1v) is 10.9. The highest BCUT2D eigenvalue weighted by Crippen LogP contribution is 2.32. The van der Waals surface area contributed by atoms with E-state index in [1.165, 1.54) is 17.3 Å². The minimum Gasteiger partial charge on any atom is -0.493 e. The fraction of sp³-hybridized carbons (Fsp3) is 0.304. The number of thiocarbonyl (C=S) groups is 1. The molecule has 0 aromatic heterocycles. The number of hydrogen-bond acceptors (Lipinski definition) is 5. The second kappa shape index (κ2) is 9.94. The van der Waals surface area contributed by atoms with E-state index in [4.69, 9.17) is 21.7 Å². The van der Waals surface area contributed by atoms with Crippen LogP contribution in [0.2, 0.25) is 0 Å². The van der Waals surface area contributed by atoms with Crippen LogP contribution in [0, 0.1) is 13.8 Å². The average Bonchev–Trinajstić information content (AvgIpc) is 2.98. The van der Waals surface area contributed by atoms with Crippen LogP contribution < -0.4 is 9.47 Å². The van der Waals surface area contributed by atoms with Gasteiger partial charge in [0.25, 0.3) is 5.91 Å². The molecule has 0 radical (unpaired) electrons. The Morgan fingerprint density at radius 3 is 2.48 bits per heavy atom. The van der Waals surface area contributed by atoms with Gasteiger partial charge in [-0.1, -0.05) is 48.2 Å². The van der Waals surface area contributed by atoms with Crippen LogP contribution in [0.25, 0.3) is 6.08 Å². The Kier molecular flexibility index (Phi) is 7.34. The fourth-order valence-electron chi connectivity index (χ4n) is 2.88. The smallest absolute Gasteiger partial charge is 0.266 e. The summed E-state index contributed by atoms with van der Waals surface area (Å²) < 4.78 is 12.3. The summed E-state index contributed by atoms with van der Waals surface area (Å²) in [5, 5.41) is 0. The van der Waals surface area contributed by atoms with Gasteiger partial charge in [-0.2, -0.15) is 0 Å². The van der Waals surface area contributed by atoms with Gasteiger partial charge in [0.1, 0.15) is 15.8 Å². The Morgan fingerprint density at radius 1 is 1.07 bits per heavy atom. The van der Waals surface area contributed by atoms with Crippen molar-refractivity contribution in [3.8, 4) is 11.5 Å². The quantitative estimate of drug-likeness (QED) is 0.322. The Labute approximate surface area is 181 Å². The number of rotatable bonds is 8. The van der Waals surface area contributed by atoms with Crippen molar-refractivity contribution in [2.75, 3.05) is 19.8 Å². The Bertz CT molecular complexity index is 922. The second-order valence-corrected chi connectivity index (χ2v) is 8.49. The maximum absolute atomic E-state index is 12.3. The normalized spacial score (nSPS) is 15.3. The maximum Gasteiger partial charge on any atom is 0.266 e. The third kappa shape index (κ3) is 5.61. The number of carbonyl (C=O) groups excluding carboxylic acids is 1. The summed E-state index contributed by atoms with van der Waals surface area (Å²) >= 11 is 6.59. The highest BCUT2D eigenvalue weighted by Gasteiger charge is 2.30. The van der Waals surface area contributed by atoms with Gasteiger partial charge in [-0.3, -0.25) is 9.69 Å². The molecule has 6 heteroatoms. The van der Waals surface area contributed by atoms with Crippen LogP contribution >= 0.6 is 24.0 Å². The van der Waals surface area contributed by atoms with E-state index < -0.39 is 0 Å². The topological polar surface area (TPSA) is 38.8 Å². The van der Waals surface area contributed by atoms with E-state index >= 15 is 0 Å². The van der Waals surface area contributed by atoms with Crippen LogP contribution in [-0.4, -0.2) is 34.9 Å². The first kappa shape index (κ1) is 21.4. The first-order valence-electron chi connectivity index (χ1n) is 9.66. The molecule has 0 unspecified atom stereocenters. The van der Waals surface area contributed by atoms with Gasteiger partial charge in [-0.25, -0.2) is 0 Å². The number of ether oxygens (including phenoxy) is 2. The van der Waals surface area contributed by atoms with Crippen molar-refractivity contribution in [2.24, 2.45) is 0 Å². The number of benzene rings is 2. The lowest BCUT2D eigenvalue weighted by Gasteiger charge is -2.11. The third-order valence-corrected chi connectivity index (χ3v) is 5.90. The number of likely N-dealkylation sites (N-methyl/N-ethyl adjacent to an activating group) is 1. The molecule has 0 spiro atoms. The molecule has 1 saturated heterocycles. The molecular formula is C23H25NO3S2. The molecule has 2 aromatic rings. The lowest BCUT2D eigenvalue weighted by Crippen LogP contribution is -2.27. The van der Waals surface area contributed by atoms with Crippen LogP contribution in [-0.2, 0) is 4.79 Å². The summed E-state index contributed by atoms with van der Waals surface area (Å²) in [5.41, 5.74) is 3.29. The number of nitrogens with zero attached hydrogens (tertiary/aromatic N) is 1. The molecule has 1 heterocycles. The summed E-state index contributed by atoms with van der Waals surface area (Å²) in [7, 11) is 0. The number of hydrogen-bond donors (Lipinski definition) is 0. The summed E-state index contributed by atoms with van der Waals surface area (Å²) in [6.45, 7) is 7.83. The maximum atomic E-state index is 12.3. The van der Waals surface area contributed by atoms with E-state index in [0.717, 1.165) is 29.0 Å². The molecule has 1 aliphatic rings. The number of amides is 1. The average molecular weight is 428 g/mol. The summed E-state index contributed by atoms with van der Waals surface area (Å²) in [4.78, 5) is 14.6. The Balaban J connectivity index is 1.46. The van der Waals surface area contributed by atoms with Crippen molar-refractivity contribution in [2.45, 2.75) is 27.2 Å². The molecule has 0 N–H and O–H groups in total. The predicted molar refractivity (Wildman–Crippen MR) is 124 cm³/mol. The molecule has 0 aliphatic carbocycles. The number of aryl methyl sites for hydroxylation is 2. The van der Waals surface area contributed by atoms with Gasteiger partial charge in [0.2, 0.25) is 0 Å². The molecule has 1 fully saturated rings. The van der Waals surface area contributed by atoms with Crippen molar-refractivity contribution in [3.63, 3.8) is 0 Å². The zero-order valence-corrected chi connectivity index (χ0v) is 18.6. The van der Waals surface area contributed by atoms with Crippen LogP contribution in [0.15, 0.2) is 47.4 Å². The van der Waals surface area contributed by atoms with Crippen molar-refractivity contribution < 1.29 is 14.3 Å². The summed E-state index contributed by atoms with van der Waals surface area (Å²) in [6.07, 6.45) is 2.67. The first-order chi connectivity index (χ1) is 14.0. The van der Waals surface area contributed by atoms with Crippen molar-refractivity contribution in [1.82, 2.24) is 4.90 Å². The molecule has 1 aliphatic heterocycles. The van der Waals surface area contributed by atoms with E-state index in [2.05, 4.69) is 25.1 Å². The molecule has 3 rings (SSSR count). The van der Waals surface area contributed by atoms with Crippen LogP contribution in [0.1, 0.15) is 30.0 Å². The van der Waals surface area contributed by atoms with E-state index in [1.54, 1.807) is 4.90 Å². The molecule has 0 atom stereocenters. The largest absolute Gasteiger partial charge is 0.493 e. The van der Waals surface area contributed by atoms with Crippen LogP contribution in [0.5, 0.6) is 11.5 Å². The van der Waals surface area contributed by atoms with Gasteiger partial charge >= 0.3 is 0 Å². The molecular weight excluding hydrogens is 402 g/mol. The van der Waals surface area contributed by atoms with Crippen molar-refractivity contribution >= 4 is 40.3 Å². The van der Waals surface area contributed by atoms with E-state index in [0.29, 0.717) is 29.0 Å². The summed E-state index contributed by atoms with van der Waals surface area (Å²) in [5.74, 6) is 1.71. The highest BCUT2D eigenvalue weighted by molar-refractivity contribution is 8.26. The molecule has 4 nitrogen and oxygen atoms in total. The van der Waals surface area contributed by atoms with Crippen molar-refractivity contribution in [3.05, 3.63) is 64.1 Å². The highest BCUT2D eigenvalue weighted by atomic mass is 32.2. The molecule has 0 saturated carbocycles. The van der Waals surface area contributed by atoms with Crippen LogP contribution in [0.3, 0.4) is 0 Å².